The van der Waals surface area contributed by atoms with Crippen molar-refractivity contribution >= 4 is 17.7 Å². The van der Waals surface area contributed by atoms with Crippen molar-refractivity contribution in [3.63, 3.8) is 0 Å². The third kappa shape index (κ3) is 2.61. The molecule has 2 heterocycles. The number of carbonyl (C=O) groups excluding carboxylic acids is 2. The van der Waals surface area contributed by atoms with Crippen LogP contribution in [-0.2, 0) is 16.0 Å². The molecule has 1 aromatic heterocycles. The molecule has 0 bridgehead atoms. The zero-order chi connectivity index (χ0) is 12.4. The Morgan fingerprint density at radius 2 is 2.35 bits per heavy atom. The second-order valence-electron chi connectivity index (χ2n) is 4.45. The lowest BCUT2D eigenvalue weighted by atomic mass is 10.1. The molecule has 1 aliphatic heterocycles. The van der Waals surface area contributed by atoms with Gasteiger partial charge in [-0.3, -0.25) is 4.79 Å². The van der Waals surface area contributed by atoms with E-state index in [1.54, 1.807) is 6.07 Å². The second kappa shape index (κ2) is 4.53. The lowest BCUT2D eigenvalue weighted by molar-refractivity contribution is -0.115. The van der Waals surface area contributed by atoms with Crippen molar-refractivity contribution in [1.29, 1.82) is 0 Å². The Bertz CT molecular complexity index is 469. The van der Waals surface area contributed by atoms with E-state index < -0.39 is 5.97 Å². The van der Waals surface area contributed by atoms with E-state index >= 15 is 0 Å². The SMILES string of the molecule is CC(C)COC(=O)c1cnc2c(c1)CC(=O)N2. The van der Waals surface area contributed by atoms with Gasteiger partial charge in [0.15, 0.2) is 0 Å². The molecule has 17 heavy (non-hydrogen) atoms. The third-order valence-corrected chi connectivity index (χ3v) is 2.36. The molecule has 5 nitrogen and oxygen atoms in total. The first kappa shape index (κ1) is 11.6. The quantitative estimate of drug-likeness (QED) is 0.802. The van der Waals surface area contributed by atoms with Gasteiger partial charge in [0.05, 0.1) is 18.6 Å². The summed E-state index contributed by atoms with van der Waals surface area (Å²) in [6.07, 6.45) is 1.70. The fourth-order valence-corrected chi connectivity index (χ4v) is 1.54. The van der Waals surface area contributed by atoms with Crippen LogP contribution < -0.4 is 5.32 Å². The minimum absolute atomic E-state index is 0.0970. The molecule has 0 unspecified atom stereocenters. The van der Waals surface area contributed by atoms with E-state index in [1.807, 2.05) is 13.8 Å². The number of nitrogens with zero attached hydrogens (tertiary/aromatic N) is 1. The van der Waals surface area contributed by atoms with Crippen molar-refractivity contribution in [3.05, 3.63) is 23.4 Å². The number of aromatic nitrogens is 1. The molecule has 90 valence electrons. The maximum atomic E-state index is 11.7. The molecule has 2 rings (SSSR count). The van der Waals surface area contributed by atoms with Crippen LogP contribution in [-0.4, -0.2) is 23.5 Å². The Hall–Kier alpha value is -1.91. The maximum absolute atomic E-state index is 11.7. The van der Waals surface area contributed by atoms with Gasteiger partial charge in [-0.15, -0.1) is 0 Å². The lowest BCUT2D eigenvalue weighted by Gasteiger charge is -2.07. The van der Waals surface area contributed by atoms with Crippen molar-refractivity contribution in [1.82, 2.24) is 4.98 Å². The van der Waals surface area contributed by atoms with Crippen LogP contribution in [0, 0.1) is 5.92 Å². The Kier molecular flexibility index (Phi) is 3.08. The molecular formula is C12H14N2O3. The molecular weight excluding hydrogens is 220 g/mol. The zero-order valence-corrected chi connectivity index (χ0v) is 9.82. The Balaban J connectivity index is 2.10. The van der Waals surface area contributed by atoms with Gasteiger partial charge in [-0.05, 0) is 12.0 Å². The summed E-state index contributed by atoms with van der Waals surface area (Å²) in [5.41, 5.74) is 1.13. The summed E-state index contributed by atoms with van der Waals surface area (Å²) in [4.78, 5) is 26.8. The predicted octanol–water partition coefficient (Wildman–Crippen LogP) is 1.39. The largest absolute Gasteiger partial charge is 0.462 e. The van der Waals surface area contributed by atoms with Gasteiger partial charge in [0.2, 0.25) is 5.91 Å². The van der Waals surface area contributed by atoms with Gasteiger partial charge >= 0.3 is 5.97 Å². The first-order valence-electron chi connectivity index (χ1n) is 5.52. The number of rotatable bonds is 3. The van der Waals surface area contributed by atoms with E-state index in [2.05, 4.69) is 10.3 Å². The molecule has 1 aliphatic rings. The Morgan fingerprint density at radius 1 is 1.59 bits per heavy atom. The molecule has 1 aromatic rings. The van der Waals surface area contributed by atoms with Gasteiger partial charge in [0.25, 0.3) is 0 Å². The fraction of sp³-hybridized carbons (Fsp3) is 0.417. The summed E-state index contributed by atoms with van der Waals surface area (Å²) in [6, 6.07) is 1.66. The molecule has 5 heteroatoms. The fourth-order valence-electron chi connectivity index (χ4n) is 1.54. The van der Waals surface area contributed by atoms with E-state index in [9.17, 15) is 9.59 Å². The summed E-state index contributed by atoms with van der Waals surface area (Å²) < 4.78 is 5.09. The average Bonchev–Trinajstić information content (AvgIpc) is 2.64. The van der Waals surface area contributed by atoms with Gasteiger partial charge in [-0.1, -0.05) is 13.8 Å². The highest BCUT2D eigenvalue weighted by Gasteiger charge is 2.21. The molecule has 0 spiro atoms. The molecule has 0 fully saturated rings. The van der Waals surface area contributed by atoms with Crippen molar-refractivity contribution in [2.75, 3.05) is 11.9 Å². The molecule has 0 aromatic carbocycles. The molecule has 0 atom stereocenters. The molecule has 0 aliphatic carbocycles. The van der Waals surface area contributed by atoms with Crippen LogP contribution in [0.4, 0.5) is 5.82 Å². The smallest absolute Gasteiger partial charge is 0.339 e. The third-order valence-electron chi connectivity index (χ3n) is 2.36. The van der Waals surface area contributed by atoms with E-state index in [0.717, 1.165) is 5.56 Å². The van der Waals surface area contributed by atoms with Crippen LogP contribution in [0.2, 0.25) is 0 Å². The minimum atomic E-state index is -0.395. The number of hydrogen-bond donors (Lipinski definition) is 1. The number of ether oxygens (including phenoxy) is 1. The van der Waals surface area contributed by atoms with Crippen LogP contribution in [0.5, 0.6) is 0 Å². The summed E-state index contributed by atoms with van der Waals surface area (Å²) in [5, 5.41) is 2.61. The highest BCUT2D eigenvalue weighted by Crippen LogP contribution is 2.21. The van der Waals surface area contributed by atoms with Gasteiger partial charge in [-0.2, -0.15) is 0 Å². The average molecular weight is 234 g/mol. The number of pyridine rings is 1. The number of nitrogens with one attached hydrogen (secondary N) is 1. The summed E-state index contributed by atoms with van der Waals surface area (Å²) in [5.74, 6) is 0.341. The van der Waals surface area contributed by atoms with E-state index in [1.165, 1.54) is 6.20 Å². The maximum Gasteiger partial charge on any atom is 0.339 e. The summed E-state index contributed by atoms with van der Waals surface area (Å²) >= 11 is 0. The first-order chi connectivity index (χ1) is 8.06. The van der Waals surface area contributed by atoms with Crippen LogP contribution in [0.1, 0.15) is 29.8 Å². The minimum Gasteiger partial charge on any atom is -0.462 e. The second-order valence-corrected chi connectivity index (χ2v) is 4.45. The zero-order valence-electron chi connectivity index (χ0n) is 9.82. The number of carbonyl (C=O) groups is 2. The normalized spacial score (nSPS) is 13.5. The molecule has 0 saturated heterocycles. The number of hydrogen-bond acceptors (Lipinski definition) is 4. The summed E-state index contributed by atoms with van der Waals surface area (Å²) in [7, 11) is 0. The number of fused-ring (bicyclic) bond motifs is 1. The molecule has 0 saturated carbocycles. The van der Waals surface area contributed by atoms with Gasteiger partial charge < -0.3 is 10.1 Å². The number of amides is 1. The van der Waals surface area contributed by atoms with Crippen molar-refractivity contribution in [2.45, 2.75) is 20.3 Å². The Labute approximate surface area is 99.2 Å². The molecule has 1 amide bonds. The first-order valence-corrected chi connectivity index (χ1v) is 5.52. The van der Waals surface area contributed by atoms with E-state index in [4.69, 9.17) is 4.74 Å². The number of esters is 1. The highest BCUT2D eigenvalue weighted by molar-refractivity contribution is 5.99. The van der Waals surface area contributed by atoms with Crippen molar-refractivity contribution in [3.8, 4) is 0 Å². The van der Waals surface area contributed by atoms with Gasteiger partial charge in [0, 0.05) is 11.8 Å². The summed E-state index contributed by atoms with van der Waals surface area (Å²) in [6.45, 7) is 4.32. The Morgan fingerprint density at radius 3 is 3.06 bits per heavy atom. The highest BCUT2D eigenvalue weighted by atomic mass is 16.5. The van der Waals surface area contributed by atoms with Crippen LogP contribution in [0.25, 0.3) is 0 Å². The van der Waals surface area contributed by atoms with Gasteiger partial charge in [0.1, 0.15) is 5.82 Å². The predicted molar refractivity (Wildman–Crippen MR) is 61.7 cm³/mol. The number of anilines is 1. The lowest BCUT2D eigenvalue weighted by Crippen LogP contribution is -2.10. The van der Waals surface area contributed by atoms with E-state index in [0.29, 0.717) is 23.9 Å². The molecule has 1 N–H and O–H groups in total. The standard InChI is InChI=1S/C12H14N2O3/c1-7(2)6-17-12(16)9-3-8-4-10(15)14-11(8)13-5-9/h3,5,7H,4,6H2,1-2H3,(H,13,14,15). The van der Waals surface area contributed by atoms with Gasteiger partial charge in [-0.25, -0.2) is 9.78 Å². The topological polar surface area (TPSA) is 68.3 Å². The monoisotopic (exact) mass is 234 g/mol. The van der Waals surface area contributed by atoms with Crippen molar-refractivity contribution < 1.29 is 14.3 Å². The van der Waals surface area contributed by atoms with Crippen LogP contribution >= 0.6 is 0 Å². The van der Waals surface area contributed by atoms with Crippen LogP contribution in [0.15, 0.2) is 12.3 Å². The van der Waals surface area contributed by atoms with Crippen LogP contribution in [0.3, 0.4) is 0 Å². The van der Waals surface area contributed by atoms with Crippen molar-refractivity contribution in [2.24, 2.45) is 5.92 Å². The van der Waals surface area contributed by atoms with E-state index in [-0.39, 0.29) is 12.3 Å². The molecule has 0 radical (unpaired) electrons.